The van der Waals surface area contributed by atoms with Crippen LogP contribution in [-0.2, 0) is 0 Å². The number of hydrogen-bond acceptors (Lipinski definition) is 2. The zero-order valence-corrected chi connectivity index (χ0v) is 39.4. The minimum atomic E-state index is 0.515. The standard InChI is InChI=1S/C66H46N4/c1-41-10-5-15-46(30-41)50-20-24-56-57-25-21-51(47-16-6-11-42(2)31-47)36-63(57)69(62(56)35-50)61-29-28-55(54-19-9-14-45(34-54)39-67)66(60(61)40-68)70-64-37-52(48-17-7-12-43(3)32-48)22-26-58(64)59-27-23-53(38-65(59)70)49-18-8-13-44(4)33-49/h5-38H,1-4H3. The molecule has 0 atom stereocenters. The molecule has 2 aromatic heterocycles. The average molecular weight is 895 g/mol. The lowest BCUT2D eigenvalue weighted by Crippen LogP contribution is -2.06. The Kier molecular flexibility index (Phi) is 10.1. The molecule has 0 aliphatic heterocycles. The Labute approximate surface area is 407 Å². The van der Waals surface area contributed by atoms with Gasteiger partial charge in [0.15, 0.2) is 0 Å². The van der Waals surface area contributed by atoms with Gasteiger partial charge in [-0.15, -0.1) is 0 Å². The molecule has 0 aliphatic rings. The predicted octanol–water partition coefficient (Wildman–Crippen LogP) is 17.2. The first-order valence-corrected chi connectivity index (χ1v) is 23.8. The SMILES string of the molecule is Cc1cccc(-c2ccc3c4ccc(-c5cccc(C)c5)cc4n(-c4ccc(-c5cccc(C#N)c5)c(-n5c6cc(-c7cccc(C)c7)ccc6c6ccc(-c7cccc(C)c7)cc65)c4C#N)c3c2)c1. The second-order valence-electron chi connectivity index (χ2n) is 18.7. The van der Waals surface area contributed by atoms with Gasteiger partial charge in [0.2, 0.25) is 0 Å². The van der Waals surface area contributed by atoms with Gasteiger partial charge < -0.3 is 9.13 Å². The smallest absolute Gasteiger partial charge is 0.104 e. The molecule has 0 N–H and O–H groups in total. The fourth-order valence-electron chi connectivity index (χ4n) is 10.7. The minimum absolute atomic E-state index is 0.515. The molecule has 2 heterocycles. The van der Waals surface area contributed by atoms with E-state index in [1.54, 1.807) is 0 Å². The third kappa shape index (κ3) is 7.14. The zero-order chi connectivity index (χ0) is 47.6. The summed E-state index contributed by atoms with van der Waals surface area (Å²) in [6.45, 7) is 8.51. The lowest BCUT2D eigenvalue weighted by Gasteiger charge is -2.21. The highest BCUT2D eigenvalue weighted by molar-refractivity contribution is 6.14. The summed E-state index contributed by atoms with van der Waals surface area (Å²) >= 11 is 0. The molecule has 0 radical (unpaired) electrons. The van der Waals surface area contributed by atoms with E-state index in [-0.39, 0.29) is 0 Å². The Morgan fingerprint density at radius 1 is 0.314 bits per heavy atom. The monoisotopic (exact) mass is 894 g/mol. The number of aryl methyl sites for hydroxylation is 4. The van der Waals surface area contributed by atoms with Crippen LogP contribution in [0.25, 0.3) is 111 Å². The van der Waals surface area contributed by atoms with Crippen LogP contribution in [0.15, 0.2) is 206 Å². The van der Waals surface area contributed by atoms with E-state index in [4.69, 9.17) is 0 Å². The van der Waals surface area contributed by atoms with E-state index in [0.717, 1.165) is 111 Å². The second-order valence-corrected chi connectivity index (χ2v) is 18.7. The highest BCUT2D eigenvalue weighted by Crippen LogP contribution is 2.45. The minimum Gasteiger partial charge on any atom is -0.308 e. The van der Waals surface area contributed by atoms with E-state index < -0.39 is 0 Å². The van der Waals surface area contributed by atoms with Gasteiger partial charge in [-0.05, 0) is 120 Å². The van der Waals surface area contributed by atoms with Crippen molar-refractivity contribution in [3.63, 3.8) is 0 Å². The maximum absolute atomic E-state index is 12.1. The van der Waals surface area contributed by atoms with Crippen molar-refractivity contribution < 1.29 is 0 Å². The Bertz CT molecular complexity index is 4000. The third-order valence-corrected chi connectivity index (χ3v) is 14.0. The molecule has 0 saturated heterocycles. The van der Waals surface area contributed by atoms with Crippen molar-refractivity contribution in [1.82, 2.24) is 9.13 Å². The third-order valence-electron chi connectivity index (χ3n) is 14.0. The quantitative estimate of drug-likeness (QED) is 0.160. The van der Waals surface area contributed by atoms with E-state index in [0.29, 0.717) is 11.1 Å². The lowest BCUT2D eigenvalue weighted by atomic mass is 9.96. The Balaban J connectivity index is 1.24. The lowest BCUT2D eigenvalue weighted by molar-refractivity contribution is 1.12. The molecule has 0 spiro atoms. The van der Waals surface area contributed by atoms with Crippen molar-refractivity contribution in [2.75, 3.05) is 0 Å². The number of nitriles is 2. The molecular formula is C66H46N4. The maximum Gasteiger partial charge on any atom is 0.104 e. The van der Waals surface area contributed by atoms with Crippen LogP contribution >= 0.6 is 0 Å². The van der Waals surface area contributed by atoms with Crippen LogP contribution in [0, 0.1) is 50.4 Å². The van der Waals surface area contributed by atoms with Crippen molar-refractivity contribution in [3.8, 4) is 79.1 Å². The van der Waals surface area contributed by atoms with Crippen molar-refractivity contribution >= 4 is 43.6 Å². The van der Waals surface area contributed by atoms with Gasteiger partial charge in [-0.1, -0.05) is 186 Å². The van der Waals surface area contributed by atoms with Crippen LogP contribution in [0.4, 0.5) is 0 Å². The van der Waals surface area contributed by atoms with Crippen LogP contribution in [0.1, 0.15) is 33.4 Å². The van der Waals surface area contributed by atoms with Gasteiger partial charge in [-0.3, -0.25) is 0 Å². The molecule has 4 heteroatoms. The fourth-order valence-corrected chi connectivity index (χ4v) is 10.7. The Morgan fingerprint density at radius 2 is 0.671 bits per heavy atom. The van der Waals surface area contributed by atoms with Crippen molar-refractivity contribution in [2.45, 2.75) is 27.7 Å². The normalized spacial score (nSPS) is 11.4. The van der Waals surface area contributed by atoms with E-state index in [1.807, 2.05) is 24.3 Å². The molecule has 330 valence electrons. The van der Waals surface area contributed by atoms with Gasteiger partial charge in [0.25, 0.3) is 0 Å². The molecule has 70 heavy (non-hydrogen) atoms. The molecule has 0 aliphatic carbocycles. The van der Waals surface area contributed by atoms with Gasteiger partial charge in [0, 0.05) is 27.1 Å². The Hall–Kier alpha value is -9.22. The van der Waals surface area contributed by atoms with E-state index >= 15 is 0 Å². The summed E-state index contributed by atoms with van der Waals surface area (Å²) < 4.78 is 4.63. The van der Waals surface area contributed by atoms with Crippen LogP contribution in [0.5, 0.6) is 0 Å². The number of rotatable bonds is 7. The topological polar surface area (TPSA) is 57.4 Å². The summed E-state index contributed by atoms with van der Waals surface area (Å²) in [5.41, 5.74) is 21.8. The first-order chi connectivity index (χ1) is 34.2. The number of fused-ring (bicyclic) bond motifs is 6. The molecule has 10 aromatic carbocycles. The summed E-state index contributed by atoms with van der Waals surface area (Å²) in [4.78, 5) is 0. The summed E-state index contributed by atoms with van der Waals surface area (Å²) in [6, 6.07) is 78.7. The van der Waals surface area contributed by atoms with Gasteiger partial charge in [0.1, 0.15) is 11.6 Å². The number of aromatic nitrogens is 2. The van der Waals surface area contributed by atoms with Crippen LogP contribution < -0.4 is 0 Å². The number of hydrogen-bond donors (Lipinski definition) is 0. The highest BCUT2D eigenvalue weighted by atomic mass is 15.0. The Morgan fingerprint density at radius 3 is 1.04 bits per heavy atom. The summed E-state index contributed by atoms with van der Waals surface area (Å²) in [5.74, 6) is 0. The van der Waals surface area contributed by atoms with Gasteiger partial charge in [0.05, 0.1) is 45.1 Å². The number of nitrogens with zero attached hydrogens (tertiary/aromatic N) is 4. The van der Waals surface area contributed by atoms with Crippen LogP contribution in [0.3, 0.4) is 0 Å². The molecular weight excluding hydrogens is 849 g/mol. The highest BCUT2D eigenvalue weighted by Gasteiger charge is 2.26. The van der Waals surface area contributed by atoms with Crippen molar-refractivity contribution in [3.05, 3.63) is 240 Å². The van der Waals surface area contributed by atoms with Gasteiger partial charge in [-0.2, -0.15) is 10.5 Å². The summed E-state index contributed by atoms with van der Waals surface area (Å²) in [5, 5.41) is 26.7. The average Bonchev–Trinajstić information content (AvgIpc) is 3.89. The molecule has 0 unspecified atom stereocenters. The largest absolute Gasteiger partial charge is 0.308 e. The molecule has 0 amide bonds. The molecule has 0 saturated carbocycles. The van der Waals surface area contributed by atoms with Crippen molar-refractivity contribution in [2.24, 2.45) is 0 Å². The van der Waals surface area contributed by atoms with E-state index in [1.165, 1.54) is 22.3 Å². The predicted molar refractivity (Wildman–Crippen MR) is 291 cm³/mol. The summed E-state index contributed by atoms with van der Waals surface area (Å²) in [6.07, 6.45) is 0. The first-order valence-electron chi connectivity index (χ1n) is 23.8. The van der Waals surface area contributed by atoms with E-state index in [9.17, 15) is 10.5 Å². The maximum atomic E-state index is 12.1. The molecule has 4 nitrogen and oxygen atoms in total. The molecule has 0 bridgehead atoms. The van der Waals surface area contributed by atoms with Crippen LogP contribution in [0.2, 0.25) is 0 Å². The van der Waals surface area contributed by atoms with Crippen LogP contribution in [-0.4, -0.2) is 9.13 Å². The van der Waals surface area contributed by atoms with E-state index in [2.05, 4.69) is 231 Å². The van der Waals surface area contributed by atoms with Crippen molar-refractivity contribution in [1.29, 1.82) is 10.5 Å². The molecule has 12 rings (SSSR count). The molecule has 12 aromatic rings. The zero-order valence-electron chi connectivity index (χ0n) is 39.4. The fraction of sp³-hybridized carbons (Fsp3) is 0.0606. The number of benzene rings is 10. The van der Waals surface area contributed by atoms with Gasteiger partial charge in [-0.25, -0.2) is 0 Å². The summed E-state index contributed by atoms with van der Waals surface area (Å²) in [7, 11) is 0. The second kappa shape index (κ2) is 16.8. The molecule has 0 fully saturated rings. The first kappa shape index (κ1) is 42.2. The van der Waals surface area contributed by atoms with Gasteiger partial charge >= 0.3 is 0 Å².